The molecule has 1 saturated heterocycles. The molecule has 0 aliphatic carbocycles. The van der Waals surface area contributed by atoms with Gasteiger partial charge in [-0.1, -0.05) is 42.5 Å². The maximum absolute atomic E-state index is 12.1. The van der Waals surface area contributed by atoms with E-state index < -0.39 is 18.1 Å². The van der Waals surface area contributed by atoms with Crippen LogP contribution in [0.15, 0.2) is 36.4 Å². The molecule has 2 atom stereocenters. The lowest BCUT2D eigenvalue weighted by Crippen LogP contribution is -2.48. The van der Waals surface area contributed by atoms with Crippen LogP contribution in [0.4, 0.5) is 0 Å². The Morgan fingerprint density at radius 2 is 2.13 bits per heavy atom. The summed E-state index contributed by atoms with van der Waals surface area (Å²) >= 11 is 0. The molecule has 2 rings (SSSR count). The SMILES string of the molecule is COC(=O)[C@@H](C/C=C/c1ccccc1)NC(=O)[C@@H]1CCC(=O)N1. The van der Waals surface area contributed by atoms with Crippen molar-refractivity contribution in [1.29, 1.82) is 0 Å². The second-order valence-electron chi connectivity index (χ2n) is 5.29. The number of esters is 1. The van der Waals surface area contributed by atoms with Crippen molar-refractivity contribution in [3.63, 3.8) is 0 Å². The molecule has 0 spiro atoms. The molecule has 1 aromatic rings. The predicted molar refractivity (Wildman–Crippen MR) is 85.2 cm³/mol. The topological polar surface area (TPSA) is 84.5 Å². The monoisotopic (exact) mass is 316 g/mol. The molecule has 0 aromatic heterocycles. The highest BCUT2D eigenvalue weighted by atomic mass is 16.5. The first kappa shape index (κ1) is 16.7. The molecule has 6 nitrogen and oxygen atoms in total. The van der Waals surface area contributed by atoms with E-state index >= 15 is 0 Å². The van der Waals surface area contributed by atoms with Gasteiger partial charge in [-0.15, -0.1) is 0 Å². The molecule has 1 fully saturated rings. The Morgan fingerprint density at radius 3 is 2.74 bits per heavy atom. The highest BCUT2D eigenvalue weighted by Crippen LogP contribution is 2.08. The van der Waals surface area contributed by atoms with E-state index in [2.05, 4.69) is 10.6 Å². The van der Waals surface area contributed by atoms with Crippen LogP contribution >= 0.6 is 0 Å². The maximum atomic E-state index is 12.1. The molecule has 0 saturated carbocycles. The van der Waals surface area contributed by atoms with Crippen LogP contribution in [0.25, 0.3) is 6.08 Å². The van der Waals surface area contributed by atoms with Crippen molar-refractivity contribution >= 4 is 23.9 Å². The molecule has 1 heterocycles. The zero-order chi connectivity index (χ0) is 16.7. The van der Waals surface area contributed by atoms with Crippen LogP contribution in [0.1, 0.15) is 24.8 Å². The Hall–Kier alpha value is -2.63. The number of carbonyl (C=O) groups is 3. The summed E-state index contributed by atoms with van der Waals surface area (Å²) < 4.78 is 4.72. The van der Waals surface area contributed by atoms with Crippen LogP contribution in [0.3, 0.4) is 0 Å². The molecule has 0 bridgehead atoms. The van der Waals surface area contributed by atoms with E-state index in [1.807, 2.05) is 42.5 Å². The minimum atomic E-state index is -0.773. The average molecular weight is 316 g/mol. The minimum absolute atomic E-state index is 0.149. The number of rotatable bonds is 6. The van der Waals surface area contributed by atoms with E-state index in [9.17, 15) is 14.4 Å². The minimum Gasteiger partial charge on any atom is -0.467 e. The zero-order valence-electron chi connectivity index (χ0n) is 13.0. The third kappa shape index (κ3) is 4.95. The molecule has 1 aliphatic rings. The first-order valence-electron chi connectivity index (χ1n) is 7.49. The fourth-order valence-corrected chi connectivity index (χ4v) is 2.34. The Balaban J connectivity index is 1.94. The lowest BCUT2D eigenvalue weighted by molar-refractivity contribution is -0.145. The Bertz CT molecular complexity index is 598. The number of ether oxygens (including phenoxy) is 1. The quantitative estimate of drug-likeness (QED) is 0.768. The number of benzene rings is 1. The largest absolute Gasteiger partial charge is 0.467 e. The molecule has 122 valence electrons. The van der Waals surface area contributed by atoms with Gasteiger partial charge in [0.05, 0.1) is 7.11 Å². The smallest absolute Gasteiger partial charge is 0.328 e. The van der Waals surface area contributed by atoms with Gasteiger partial charge in [-0.3, -0.25) is 9.59 Å². The van der Waals surface area contributed by atoms with Gasteiger partial charge in [0.1, 0.15) is 12.1 Å². The molecular weight excluding hydrogens is 296 g/mol. The fraction of sp³-hybridized carbons (Fsp3) is 0.353. The van der Waals surface area contributed by atoms with Crippen LogP contribution in [0.2, 0.25) is 0 Å². The number of nitrogens with one attached hydrogen (secondary N) is 2. The van der Waals surface area contributed by atoms with Gasteiger partial charge in [-0.05, 0) is 18.4 Å². The van der Waals surface area contributed by atoms with Crippen LogP contribution in [0.5, 0.6) is 0 Å². The van der Waals surface area contributed by atoms with Crippen LogP contribution in [-0.2, 0) is 19.1 Å². The maximum Gasteiger partial charge on any atom is 0.328 e. The van der Waals surface area contributed by atoms with E-state index in [1.165, 1.54) is 7.11 Å². The second-order valence-corrected chi connectivity index (χ2v) is 5.29. The summed E-state index contributed by atoms with van der Waals surface area (Å²) in [6.45, 7) is 0. The van der Waals surface area contributed by atoms with Gasteiger partial charge < -0.3 is 15.4 Å². The summed E-state index contributed by atoms with van der Waals surface area (Å²) in [5.41, 5.74) is 1.01. The number of methoxy groups -OCH3 is 1. The van der Waals surface area contributed by atoms with Gasteiger partial charge >= 0.3 is 5.97 Å². The highest BCUT2D eigenvalue weighted by molar-refractivity contribution is 5.93. The molecule has 1 aromatic carbocycles. The lowest BCUT2D eigenvalue weighted by atomic mass is 10.1. The van der Waals surface area contributed by atoms with Crippen molar-refractivity contribution in [3.8, 4) is 0 Å². The van der Waals surface area contributed by atoms with Crippen LogP contribution in [0, 0.1) is 0 Å². The molecule has 1 aliphatic heterocycles. The first-order valence-corrected chi connectivity index (χ1v) is 7.49. The van der Waals surface area contributed by atoms with E-state index in [0.29, 0.717) is 19.3 Å². The zero-order valence-corrected chi connectivity index (χ0v) is 13.0. The highest BCUT2D eigenvalue weighted by Gasteiger charge is 2.30. The third-order valence-corrected chi connectivity index (χ3v) is 3.60. The van der Waals surface area contributed by atoms with Crippen molar-refractivity contribution in [1.82, 2.24) is 10.6 Å². The van der Waals surface area contributed by atoms with Gasteiger partial charge in [-0.25, -0.2) is 4.79 Å². The van der Waals surface area contributed by atoms with Crippen molar-refractivity contribution in [2.75, 3.05) is 7.11 Å². The standard InChI is InChI=1S/C17H20N2O4/c1-23-17(22)14(9-5-8-12-6-3-2-4-7-12)19-16(21)13-10-11-15(20)18-13/h2-8,13-14H,9-11H2,1H3,(H,18,20)(H,19,21)/b8-5+/t13-,14+/m0/s1. The summed E-state index contributed by atoms with van der Waals surface area (Å²) in [5, 5.41) is 5.21. The summed E-state index contributed by atoms with van der Waals surface area (Å²) in [5.74, 6) is -1.02. The van der Waals surface area contributed by atoms with Crippen molar-refractivity contribution < 1.29 is 19.1 Å². The third-order valence-electron chi connectivity index (χ3n) is 3.60. The fourth-order valence-electron chi connectivity index (χ4n) is 2.34. The average Bonchev–Trinajstić information content (AvgIpc) is 3.00. The van der Waals surface area contributed by atoms with Gasteiger partial charge in [-0.2, -0.15) is 0 Å². The van der Waals surface area contributed by atoms with Crippen LogP contribution < -0.4 is 10.6 Å². The van der Waals surface area contributed by atoms with Crippen molar-refractivity contribution in [3.05, 3.63) is 42.0 Å². The lowest BCUT2D eigenvalue weighted by Gasteiger charge is -2.17. The van der Waals surface area contributed by atoms with Crippen molar-refractivity contribution in [2.45, 2.75) is 31.3 Å². The predicted octanol–water partition coefficient (Wildman–Crippen LogP) is 1.03. The normalized spacial score (nSPS) is 18.5. The molecule has 0 unspecified atom stereocenters. The molecule has 0 radical (unpaired) electrons. The van der Waals surface area contributed by atoms with Gasteiger partial charge in [0.25, 0.3) is 0 Å². The molecule has 2 N–H and O–H groups in total. The van der Waals surface area contributed by atoms with Gasteiger partial charge in [0, 0.05) is 6.42 Å². The first-order chi connectivity index (χ1) is 11.1. The van der Waals surface area contributed by atoms with Gasteiger partial charge in [0.2, 0.25) is 11.8 Å². The summed E-state index contributed by atoms with van der Waals surface area (Å²) in [4.78, 5) is 35.1. The molecular formula is C17H20N2O4. The molecule has 23 heavy (non-hydrogen) atoms. The second kappa shape index (κ2) is 8.12. The summed E-state index contributed by atoms with van der Waals surface area (Å²) in [7, 11) is 1.28. The van der Waals surface area contributed by atoms with Gasteiger partial charge in [0.15, 0.2) is 0 Å². The van der Waals surface area contributed by atoms with E-state index in [-0.39, 0.29) is 11.8 Å². The Labute approximate surface area is 134 Å². The number of hydrogen-bond acceptors (Lipinski definition) is 4. The van der Waals surface area contributed by atoms with E-state index in [1.54, 1.807) is 0 Å². The van der Waals surface area contributed by atoms with E-state index in [4.69, 9.17) is 4.74 Å². The molecule has 6 heteroatoms. The number of amides is 2. The number of hydrogen-bond donors (Lipinski definition) is 2. The van der Waals surface area contributed by atoms with Crippen LogP contribution in [-0.4, -0.2) is 37.0 Å². The summed E-state index contributed by atoms with van der Waals surface area (Å²) in [6, 6.07) is 8.29. The summed E-state index contributed by atoms with van der Waals surface area (Å²) in [6.07, 6.45) is 4.77. The van der Waals surface area contributed by atoms with Crippen molar-refractivity contribution in [2.24, 2.45) is 0 Å². The Morgan fingerprint density at radius 1 is 1.39 bits per heavy atom. The molecule has 2 amide bonds. The number of carbonyl (C=O) groups excluding carboxylic acids is 3. The Kier molecular flexibility index (Phi) is 5.91. The van der Waals surface area contributed by atoms with E-state index in [0.717, 1.165) is 5.56 Å².